The summed E-state index contributed by atoms with van der Waals surface area (Å²) >= 11 is 5.64. The smallest absolute Gasteiger partial charge is 0.237 e. The SMILES string of the molecule is N#Cc1cc2c(nc1Oc1ccc(Cl)c(F)c1)CCCC2. The number of halogens is 2. The lowest BCUT2D eigenvalue weighted by molar-refractivity contribution is 0.452. The van der Waals surface area contributed by atoms with Gasteiger partial charge in [0.1, 0.15) is 23.2 Å². The van der Waals surface area contributed by atoms with Crippen LogP contribution in [0.4, 0.5) is 4.39 Å². The first-order chi connectivity index (χ1) is 10.2. The van der Waals surface area contributed by atoms with Gasteiger partial charge in [-0.05, 0) is 49.4 Å². The molecule has 1 aliphatic carbocycles. The molecule has 106 valence electrons. The number of benzene rings is 1. The van der Waals surface area contributed by atoms with Crippen LogP contribution in [0.1, 0.15) is 29.7 Å². The normalized spacial score (nSPS) is 13.4. The molecule has 0 amide bonds. The van der Waals surface area contributed by atoms with Crippen molar-refractivity contribution in [3.8, 4) is 17.7 Å². The summed E-state index contributed by atoms with van der Waals surface area (Å²) in [6.07, 6.45) is 4.02. The van der Waals surface area contributed by atoms with Gasteiger partial charge in [0.15, 0.2) is 0 Å². The van der Waals surface area contributed by atoms with Gasteiger partial charge in [-0.25, -0.2) is 9.37 Å². The fourth-order valence-corrected chi connectivity index (χ4v) is 2.54. The van der Waals surface area contributed by atoms with Crippen molar-refractivity contribution < 1.29 is 9.13 Å². The average Bonchev–Trinajstić information content (AvgIpc) is 2.50. The summed E-state index contributed by atoms with van der Waals surface area (Å²) < 4.78 is 19.0. The Morgan fingerprint density at radius 2 is 2.05 bits per heavy atom. The average molecular weight is 303 g/mol. The van der Waals surface area contributed by atoms with E-state index < -0.39 is 5.82 Å². The minimum absolute atomic E-state index is 0.0289. The van der Waals surface area contributed by atoms with Gasteiger partial charge in [-0.1, -0.05) is 11.6 Å². The number of pyridine rings is 1. The van der Waals surface area contributed by atoms with Gasteiger partial charge in [0.2, 0.25) is 5.88 Å². The highest BCUT2D eigenvalue weighted by molar-refractivity contribution is 6.30. The van der Waals surface area contributed by atoms with Crippen LogP contribution in [-0.2, 0) is 12.8 Å². The van der Waals surface area contributed by atoms with Crippen LogP contribution in [-0.4, -0.2) is 4.98 Å². The van der Waals surface area contributed by atoms with Crippen molar-refractivity contribution in [2.45, 2.75) is 25.7 Å². The summed E-state index contributed by atoms with van der Waals surface area (Å²) in [6, 6.07) is 8.05. The molecule has 5 heteroatoms. The summed E-state index contributed by atoms with van der Waals surface area (Å²) in [5.74, 6) is -0.0674. The maximum atomic E-state index is 13.4. The number of nitriles is 1. The molecule has 0 fully saturated rings. The molecule has 0 saturated heterocycles. The molecule has 0 N–H and O–H groups in total. The molecule has 0 aliphatic heterocycles. The molecular weight excluding hydrogens is 291 g/mol. The van der Waals surface area contributed by atoms with E-state index in [1.165, 1.54) is 12.1 Å². The number of ether oxygens (including phenoxy) is 1. The molecule has 1 heterocycles. The number of aryl methyl sites for hydroxylation is 2. The van der Waals surface area contributed by atoms with Gasteiger partial charge < -0.3 is 4.74 Å². The third-order valence-corrected chi connectivity index (χ3v) is 3.80. The Balaban J connectivity index is 1.97. The van der Waals surface area contributed by atoms with Gasteiger partial charge in [-0.2, -0.15) is 5.26 Å². The van der Waals surface area contributed by atoms with Crippen molar-refractivity contribution >= 4 is 11.6 Å². The zero-order valence-electron chi connectivity index (χ0n) is 11.2. The highest BCUT2D eigenvalue weighted by Crippen LogP contribution is 2.30. The van der Waals surface area contributed by atoms with E-state index in [9.17, 15) is 9.65 Å². The van der Waals surface area contributed by atoms with E-state index in [0.29, 0.717) is 5.56 Å². The topological polar surface area (TPSA) is 45.9 Å². The molecule has 1 aromatic carbocycles. The van der Waals surface area contributed by atoms with Gasteiger partial charge >= 0.3 is 0 Å². The van der Waals surface area contributed by atoms with Crippen molar-refractivity contribution in [1.29, 1.82) is 5.26 Å². The number of hydrogen-bond donors (Lipinski definition) is 0. The Kier molecular flexibility index (Phi) is 3.76. The maximum absolute atomic E-state index is 13.4. The minimum Gasteiger partial charge on any atom is -0.438 e. The Morgan fingerprint density at radius 3 is 2.81 bits per heavy atom. The van der Waals surface area contributed by atoms with Gasteiger partial charge in [-0.15, -0.1) is 0 Å². The molecule has 0 radical (unpaired) electrons. The quantitative estimate of drug-likeness (QED) is 0.825. The number of hydrogen-bond acceptors (Lipinski definition) is 3. The first-order valence-electron chi connectivity index (χ1n) is 6.73. The second-order valence-electron chi connectivity index (χ2n) is 4.94. The summed E-state index contributed by atoms with van der Waals surface area (Å²) in [6.45, 7) is 0. The van der Waals surface area contributed by atoms with E-state index in [0.717, 1.165) is 36.9 Å². The van der Waals surface area contributed by atoms with Gasteiger partial charge in [0, 0.05) is 11.8 Å². The second kappa shape index (κ2) is 5.71. The van der Waals surface area contributed by atoms with Crippen molar-refractivity contribution in [2.24, 2.45) is 0 Å². The zero-order valence-corrected chi connectivity index (χ0v) is 12.0. The van der Waals surface area contributed by atoms with Gasteiger partial charge in [0.25, 0.3) is 0 Å². The molecule has 1 aromatic heterocycles. The third kappa shape index (κ3) is 2.84. The molecule has 0 unspecified atom stereocenters. The molecule has 3 nitrogen and oxygen atoms in total. The molecular formula is C16H12ClFN2O. The summed E-state index contributed by atoms with van der Waals surface area (Å²) in [4.78, 5) is 4.43. The van der Waals surface area contributed by atoms with Crippen LogP contribution in [0.2, 0.25) is 5.02 Å². The second-order valence-corrected chi connectivity index (χ2v) is 5.35. The van der Waals surface area contributed by atoms with E-state index in [1.807, 2.05) is 6.07 Å². The highest BCUT2D eigenvalue weighted by Gasteiger charge is 2.16. The predicted molar refractivity (Wildman–Crippen MR) is 77.1 cm³/mol. The predicted octanol–water partition coefficient (Wildman–Crippen LogP) is 4.42. The van der Waals surface area contributed by atoms with Crippen LogP contribution >= 0.6 is 11.6 Å². The lowest BCUT2D eigenvalue weighted by Crippen LogP contribution is -2.07. The van der Waals surface area contributed by atoms with Crippen LogP contribution in [0.25, 0.3) is 0 Å². The van der Waals surface area contributed by atoms with Crippen LogP contribution in [0.5, 0.6) is 11.6 Å². The van der Waals surface area contributed by atoms with E-state index in [1.54, 1.807) is 6.07 Å². The van der Waals surface area contributed by atoms with E-state index in [-0.39, 0.29) is 16.7 Å². The molecule has 3 rings (SSSR count). The third-order valence-electron chi connectivity index (χ3n) is 3.49. The van der Waals surface area contributed by atoms with Crippen LogP contribution in [0, 0.1) is 17.1 Å². The van der Waals surface area contributed by atoms with Crippen molar-refractivity contribution in [3.63, 3.8) is 0 Å². The molecule has 0 spiro atoms. The zero-order chi connectivity index (χ0) is 14.8. The van der Waals surface area contributed by atoms with Crippen LogP contribution in [0.3, 0.4) is 0 Å². The van der Waals surface area contributed by atoms with E-state index in [2.05, 4.69) is 11.1 Å². The van der Waals surface area contributed by atoms with E-state index in [4.69, 9.17) is 16.3 Å². The molecule has 21 heavy (non-hydrogen) atoms. The largest absolute Gasteiger partial charge is 0.438 e. The van der Waals surface area contributed by atoms with Gasteiger partial charge in [-0.3, -0.25) is 0 Å². The number of aromatic nitrogens is 1. The molecule has 0 bridgehead atoms. The van der Waals surface area contributed by atoms with Crippen LogP contribution < -0.4 is 4.74 Å². The lowest BCUT2D eigenvalue weighted by Gasteiger charge is -2.16. The lowest BCUT2D eigenvalue weighted by atomic mass is 9.95. The maximum Gasteiger partial charge on any atom is 0.237 e. The highest BCUT2D eigenvalue weighted by atomic mass is 35.5. The summed E-state index contributed by atoms with van der Waals surface area (Å²) in [5.41, 5.74) is 2.43. The number of nitrogens with zero attached hydrogens (tertiary/aromatic N) is 2. The molecule has 1 aliphatic rings. The van der Waals surface area contributed by atoms with E-state index >= 15 is 0 Å². The standard InChI is InChI=1S/C16H12ClFN2O/c17-13-6-5-12(8-14(13)18)21-16-11(9-19)7-10-3-1-2-4-15(10)20-16/h5-8H,1-4H2. The molecule has 0 atom stereocenters. The summed E-state index contributed by atoms with van der Waals surface area (Å²) in [5, 5.41) is 9.26. The van der Waals surface area contributed by atoms with Crippen LogP contribution in [0.15, 0.2) is 24.3 Å². The monoisotopic (exact) mass is 302 g/mol. The molecule has 0 saturated carbocycles. The number of rotatable bonds is 2. The first-order valence-corrected chi connectivity index (χ1v) is 7.11. The fourth-order valence-electron chi connectivity index (χ4n) is 2.42. The van der Waals surface area contributed by atoms with Gasteiger partial charge in [0.05, 0.1) is 5.02 Å². The summed E-state index contributed by atoms with van der Waals surface area (Å²) in [7, 11) is 0. The van der Waals surface area contributed by atoms with Crippen molar-refractivity contribution in [1.82, 2.24) is 4.98 Å². The minimum atomic E-state index is -0.564. The fraction of sp³-hybridized carbons (Fsp3) is 0.250. The van der Waals surface area contributed by atoms with Crippen molar-refractivity contribution in [3.05, 3.63) is 51.9 Å². The Labute approximate surface area is 127 Å². The molecule has 2 aromatic rings. The first kappa shape index (κ1) is 13.8. The van der Waals surface area contributed by atoms with Crippen molar-refractivity contribution in [2.75, 3.05) is 0 Å². The Hall–Kier alpha value is -2.12. The Morgan fingerprint density at radius 1 is 1.24 bits per heavy atom. The number of fused-ring (bicyclic) bond motifs is 1. The Bertz CT molecular complexity index is 740.